The fraction of sp³-hybridized carbons (Fsp3) is 0.167. The fourth-order valence-corrected chi connectivity index (χ4v) is 0.774. The maximum Gasteiger partial charge on any atom is 0.153 e. The van der Waals surface area contributed by atoms with Gasteiger partial charge in [0.2, 0.25) is 0 Å². The Morgan fingerprint density at radius 3 is 2.73 bits per heavy atom. The van der Waals surface area contributed by atoms with Crippen molar-refractivity contribution >= 4 is 12.5 Å². The molecular formula is C12H16N2O. The highest BCUT2D eigenvalue weighted by Gasteiger charge is 1.89. The smallest absolute Gasteiger partial charge is 0.153 e. The first-order chi connectivity index (χ1) is 7.28. The van der Waals surface area contributed by atoms with Gasteiger partial charge >= 0.3 is 0 Å². The standard InChI is InChI=1S/C12H16N2O/c1-3-5-6-11(4-2)8-14-9-12(7-13)10-15/h3-7,9-10H,2,8,13H2,1H3/b5-3-,11-6+,12-7+,14-9?. The zero-order valence-corrected chi connectivity index (χ0v) is 8.89. The van der Waals surface area contributed by atoms with E-state index in [2.05, 4.69) is 11.6 Å². The quantitative estimate of drug-likeness (QED) is 0.310. The third-order valence-corrected chi connectivity index (χ3v) is 1.61. The topological polar surface area (TPSA) is 55.5 Å². The van der Waals surface area contributed by atoms with Gasteiger partial charge in [0.15, 0.2) is 6.29 Å². The van der Waals surface area contributed by atoms with Crippen LogP contribution in [0, 0.1) is 0 Å². The number of allylic oxidation sites excluding steroid dienone is 4. The van der Waals surface area contributed by atoms with Crippen LogP contribution in [0.4, 0.5) is 0 Å². The van der Waals surface area contributed by atoms with Gasteiger partial charge in [-0.2, -0.15) is 0 Å². The predicted octanol–water partition coefficient (Wildman–Crippen LogP) is 1.79. The first-order valence-electron chi connectivity index (χ1n) is 4.59. The number of carbonyl (C=O) groups excluding carboxylic acids is 1. The van der Waals surface area contributed by atoms with E-state index >= 15 is 0 Å². The summed E-state index contributed by atoms with van der Waals surface area (Å²) in [6.45, 7) is 6.08. The van der Waals surface area contributed by atoms with Gasteiger partial charge < -0.3 is 5.73 Å². The van der Waals surface area contributed by atoms with E-state index in [9.17, 15) is 4.79 Å². The molecule has 0 atom stereocenters. The van der Waals surface area contributed by atoms with E-state index in [1.165, 1.54) is 12.4 Å². The normalized spacial score (nSPS) is 13.7. The largest absolute Gasteiger partial charge is 0.404 e. The number of hydrogen-bond acceptors (Lipinski definition) is 3. The van der Waals surface area contributed by atoms with E-state index in [-0.39, 0.29) is 0 Å². The molecule has 0 radical (unpaired) electrons. The second-order valence-electron chi connectivity index (χ2n) is 2.73. The van der Waals surface area contributed by atoms with Crippen LogP contribution in [0.3, 0.4) is 0 Å². The lowest BCUT2D eigenvalue weighted by atomic mass is 10.2. The Bertz CT molecular complexity index is 323. The van der Waals surface area contributed by atoms with Gasteiger partial charge in [0.25, 0.3) is 0 Å². The Morgan fingerprint density at radius 2 is 2.27 bits per heavy atom. The van der Waals surface area contributed by atoms with Gasteiger partial charge in [0.05, 0.1) is 6.54 Å². The van der Waals surface area contributed by atoms with Crippen molar-refractivity contribution in [1.29, 1.82) is 0 Å². The molecule has 0 amide bonds. The zero-order valence-electron chi connectivity index (χ0n) is 8.89. The summed E-state index contributed by atoms with van der Waals surface area (Å²) in [6.07, 6.45) is 10.8. The number of aldehydes is 1. The average Bonchev–Trinajstić information content (AvgIpc) is 2.28. The molecule has 0 aliphatic carbocycles. The minimum Gasteiger partial charge on any atom is -0.404 e. The van der Waals surface area contributed by atoms with Gasteiger partial charge in [-0.3, -0.25) is 9.79 Å². The second kappa shape index (κ2) is 8.69. The third kappa shape index (κ3) is 6.21. The summed E-state index contributed by atoms with van der Waals surface area (Å²) in [4.78, 5) is 14.4. The van der Waals surface area contributed by atoms with Gasteiger partial charge in [-0.15, -0.1) is 0 Å². The molecule has 3 heteroatoms. The lowest BCUT2D eigenvalue weighted by Crippen LogP contribution is -1.93. The zero-order chi connectivity index (χ0) is 11.5. The first-order valence-corrected chi connectivity index (χ1v) is 4.59. The molecular weight excluding hydrogens is 188 g/mol. The highest BCUT2D eigenvalue weighted by atomic mass is 16.1. The molecule has 0 aliphatic rings. The maximum absolute atomic E-state index is 10.4. The van der Waals surface area contributed by atoms with Gasteiger partial charge in [-0.05, 0) is 12.5 Å². The van der Waals surface area contributed by atoms with Gasteiger partial charge in [0, 0.05) is 18.0 Å². The SMILES string of the molecule is C=C/C(=C\C=C/C)CN=C/C(C=O)=C\N. The van der Waals surface area contributed by atoms with Crippen LogP contribution in [0.15, 0.2) is 53.2 Å². The Balaban J connectivity index is 4.35. The molecule has 0 saturated carbocycles. The number of hydrogen-bond donors (Lipinski definition) is 1. The summed E-state index contributed by atoms with van der Waals surface area (Å²) in [7, 11) is 0. The molecule has 0 aromatic rings. The number of nitrogens with two attached hydrogens (primary N) is 1. The molecule has 0 spiro atoms. The van der Waals surface area contributed by atoms with Crippen LogP contribution >= 0.6 is 0 Å². The van der Waals surface area contributed by atoms with Crippen LogP contribution in [-0.2, 0) is 4.79 Å². The minimum atomic E-state index is 0.365. The van der Waals surface area contributed by atoms with Gasteiger partial charge in [-0.25, -0.2) is 0 Å². The Hall–Kier alpha value is -1.90. The monoisotopic (exact) mass is 204 g/mol. The molecule has 0 fully saturated rings. The maximum atomic E-state index is 10.4. The number of nitrogens with zero attached hydrogens (tertiary/aromatic N) is 1. The van der Waals surface area contributed by atoms with Crippen LogP contribution in [0.1, 0.15) is 6.92 Å². The number of carbonyl (C=O) groups is 1. The molecule has 0 aliphatic heterocycles. The molecule has 0 heterocycles. The predicted molar refractivity (Wildman–Crippen MR) is 64.8 cm³/mol. The molecule has 2 N–H and O–H groups in total. The summed E-state index contributed by atoms with van der Waals surface area (Å²) >= 11 is 0. The minimum absolute atomic E-state index is 0.365. The molecule has 15 heavy (non-hydrogen) atoms. The van der Waals surface area contributed by atoms with Crippen LogP contribution in [0.25, 0.3) is 0 Å². The molecule has 0 saturated heterocycles. The van der Waals surface area contributed by atoms with E-state index in [1.807, 2.05) is 25.2 Å². The summed E-state index contributed by atoms with van der Waals surface area (Å²) in [5.41, 5.74) is 6.53. The van der Waals surface area contributed by atoms with Crippen molar-refractivity contribution in [2.24, 2.45) is 10.7 Å². The third-order valence-electron chi connectivity index (χ3n) is 1.61. The lowest BCUT2D eigenvalue weighted by Gasteiger charge is -1.94. The van der Waals surface area contributed by atoms with Crippen LogP contribution in [0.5, 0.6) is 0 Å². The number of rotatable bonds is 6. The van der Waals surface area contributed by atoms with Crippen molar-refractivity contribution in [3.63, 3.8) is 0 Å². The molecule has 0 aromatic carbocycles. The molecule has 0 aromatic heterocycles. The fourth-order valence-electron chi connectivity index (χ4n) is 0.774. The van der Waals surface area contributed by atoms with Crippen LogP contribution < -0.4 is 5.73 Å². The molecule has 3 nitrogen and oxygen atoms in total. The highest BCUT2D eigenvalue weighted by molar-refractivity contribution is 6.01. The van der Waals surface area contributed by atoms with E-state index < -0.39 is 0 Å². The Morgan fingerprint density at radius 1 is 1.53 bits per heavy atom. The molecule has 0 rings (SSSR count). The van der Waals surface area contributed by atoms with Crippen molar-refractivity contribution in [1.82, 2.24) is 0 Å². The summed E-state index contributed by atoms with van der Waals surface area (Å²) in [5, 5.41) is 0. The van der Waals surface area contributed by atoms with Crippen molar-refractivity contribution in [2.45, 2.75) is 6.92 Å². The van der Waals surface area contributed by atoms with Gasteiger partial charge in [-0.1, -0.05) is 30.9 Å². The Labute approximate surface area is 90.4 Å². The summed E-state index contributed by atoms with van der Waals surface area (Å²) in [5.74, 6) is 0. The highest BCUT2D eigenvalue weighted by Crippen LogP contribution is 1.97. The molecule has 0 bridgehead atoms. The molecule has 80 valence electrons. The van der Waals surface area contributed by atoms with Crippen LogP contribution in [-0.4, -0.2) is 19.0 Å². The Kier molecular flexibility index (Phi) is 7.59. The van der Waals surface area contributed by atoms with E-state index in [0.29, 0.717) is 18.4 Å². The van der Waals surface area contributed by atoms with Gasteiger partial charge in [0.1, 0.15) is 0 Å². The van der Waals surface area contributed by atoms with E-state index in [0.717, 1.165) is 5.57 Å². The summed E-state index contributed by atoms with van der Waals surface area (Å²) in [6, 6.07) is 0. The van der Waals surface area contributed by atoms with Crippen molar-refractivity contribution in [3.8, 4) is 0 Å². The lowest BCUT2D eigenvalue weighted by molar-refractivity contribution is -0.104. The van der Waals surface area contributed by atoms with Crippen LogP contribution in [0.2, 0.25) is 0 Å². The van der Waals surface area contributed by atoms with E-state index in [1.54, 1.807) is 6.08 Å². The second-order valence-corrected chi connectivity index (χ2v) is 2.73. The van der Waals surface area contributed by atoms with Crippen molar-refractivity contribution in [2.75, 3.05) is 6.54 Å². The summed E-state index contributed by atoms with van der Waals surface area (Å²) < 4.78 is 0. The molecule has 0 unspecified atom stereocenters. The van der Waals surface area contributed by atoms with Crippen molar-refractivity contribution in [3.05, 3.63) is 48.2 Å². The first kappa shape index (κ1) is 13.1. The van der Waals surface area contributed by atoms with Crippen molar-refractivity contribution < 1.29 is 4.79 Å². The average molecular weight is 204 g/mol. The number of aliphatic imine (C=N–C) groups is 1. The van der Waals surface area contributed by atoms with E-state index in [4.69, 9.17) is 5.73 Å².